The standard InChI is InChI=1S/C29H30N4O4/c1-19-8-13-25(16-20(19)2)33-18-23(17-26(33)34)29(37)32-24-11-9-22(10-12-24)28(36)31-15-14-30-27(35)21-6-4-3-5-7-21/h3-13,16,23H,14-15,17-18H2,1-2H3,(H,30,35)(H,31,36)(H,32,37). The Morgan fingerprint density at radius 1 is 0.811 bits per heavy atom. The third kappa shape index (κ3) is 6.41. The van der Waals surface area contributed by atoms with Crippen LogP contribution in [-0.2, 0) is 9.59 Å². The van der Waals surface area contributed by atoms with Gasteiger partial charge >= 0.3 is 0 Å². The van der Waals surface area contributed by atoms with Gasteiger partial charge in [-0.15, -0.1) is 0 Å². The molecule has 0 radical (unpaired) electrons. The average molecular weight is 499 g/mol. The number of anilines is 2. The summed E-state index contributed by atoms with van der Waals surface area (Å²) in [5, 5.41) is 8.36. The van der Waals surface area contributed by atoms with Crippen molar-refractivity contribution in [2.45, 2.75) is 20.3 Å². The van der Waals surface area contributed by atoms with Crippen LogP contribution in [0.15, 0.2) is 72.8 Å². The van der Waals surface area contributed by atoms with Gasteiger partial charge in [0.2, 0.25) is 11.8 Å². The van der Waals surface area contributed by atoms with Gasteiger partial charge in [-0.3, -0.25) is 19.2 Å². The highest BCUT2D eigenvalue weighted by atomic mass is 16.2. The average Bonchev–Trinajstić information content (AvgIpc) is 3.30. The number of nitrogens with zero attached hydrogens (tertiary/aromatic N) is 1. The van der Waals surface area contributed by atoms with E-state index in [0.29, 0.717) is 29.9 Å². The first-order chi connectivity index (χ1) is 17.8. The molecule has 1 atom stereocenters. The van der Waals surface area contributed by atoms with Crippen molar-refractivity contribution in [2.75, 3.05) is 29.9 Å². The van der Waals surface area contributed by atoms with E-state index in [4.69, 9.17) is 0 Å². The van der Waals surface area contributed by atoms with Gasteiger partial charge < -0.3 is 20.9 Å². The molecule has 0 spiro atoms. The zero-order chi connectivity index (χ0) is 26.4. The highest BCUT2D eigenvalue weighted by Crippen LogP contribution is 2.27. The zero-order valence-corrected chi connectivity index (χ0v) is 20.9. The highest BCUT2D eigenvalue weighted by Gasteiger charge is 2.35. The molecule has 4 rings (SSSR count). The van der Waals surface area contributed by atoms with Crippen LogP contribution < -0.4 is 20.9 Å². The van der Waals surface area contributed by atoms with E-state index in [1.54, 1.807) is 53.4 Å². The predicted octanol–water partition coefficient (Wildman–Crippen LogP) is 3.45. The molecule has 1 aliphatic heterocycles. The topological polar surface area (TPSA) is 108 Å². The highest BCUT2D eigenvalue weighted by molar-refractivity contribution is 6.04. The van der Waals surface area contributed by atoms with E-state index >= 15 is 0 Å². The Hall–Kier alpha value is -4.46. The van der Waals surface area contributed by atoms with Crippen molar-refractivity contribution in [3.63, 3.8) is 0 Å². The number of aryl methyl sites for hydroxylation is 2. The Bertz CT molecular complexity index is 1310. The predicted molar refractivity (Wildman–Crippen MR) is 143 cm³/mol. The van der Waals surface area contributed by atoms with Gasteiger partial charge in [0, 0.05) is 48.6 Å². The molecule has 4 amide bonds. The maximum absolute atomic E-state index is 12.8. The lowest BCUT2D eigenvalue weighted by Crippen LogP contribution is -2.34. The number of carbonyl (C=O) groups excluding carboxylic acids is 4. The molecule has 1 fully saturated rings. The van der Waals surface area contributed by atoms with Crippen molar-refractivity contribution in [1.82, 2.24) is 10.6 Å². The number of nitrogens with one attached hydrogen (secondary N) is 3. The van der Waals surface area contributed by atoms with E-state index in [9.17, 15) is 19.2 Å². The van der Waals surface area contributed by atoms with Crippen LogP contribution in [0.5, 0.6) is 0 Å². The molecular formula is C29H30N4O4. The van der Waals surface area contributed by atoms with Gasteiger partial charge in [0.1, 0.15) is 0 Å². The maximum atomic E-state index is 12.8. The SMILES string of the molecule is Cc1ccc(N2CC(C(=O)Nc3ccc(C(=O)NCCNC(=O)c4ccccc4)cc3)CC2=O)cc1C. The molecule has 0 aliphatic carbocycles. The molecule has 0 aromatic heterocycles. The second-order valence-electron chi connectivity index (χ2n) is 9.12. The molecule has 8 heteroatoms. The van der Waals surface area contributed by atoms with Crippen molar-refractivity contribution in [1.29, 1.82) is 0 Å². The summed E-state index contributed by atoms with van der Waals surface area (Å²) in [6, 6.07) is 21.3. The molecular weight excluding hydrogens is 468 g/mol. The van der Waals surface area contributed by atoms with Gasteiger partial charge in [0.05, 0.1) is 5.92 Å². The molecule has 190 valence electrons. The largest absolute Gasteiger partial charge is 0.350 e. The Morgan fingerprint density at radius 2 is 1.43 bits per heavy atom. The molecule has 1 unspecified atom stereocenters. The molecule has 0 saturated carbocycles. The van der Waals surface area contributed by atoms with E-state index in [2.05, 4.69) is 16.0 Å². The molecule has 3 N–H and O–H groups in total. The lowest BCUT2D eigenvalue weighted by atomic mass is 10.1. The van der Waals surface area contributed by atoms with Crippen LogP contribution >= 0.6 is 0 Å². The van der Waals surface area contributed by atoms with E-state index in [1.165, 1.54) is 0 Å². The number of hydrogen-bond acceptors (Lipinski definition) is 4. The Balaban J connectivity index is 1.24. The number of hydrogen-bond donors (Lipinski definition) is 3. The Labute approximate surface area is 216 Å². The van der Waals surface area contributed by atoms with Crippen LogP contribution in [0.4, 0.5) is 11.4 Å². The number of carbonyl (C=O) groups is 4. The smallest absolute Gasteiger partial charge is 0.251 e. The van der Waals surface area contributed by atoms with Gasteiger partial charge in [0.25, 0.3) is 11.8 Å². The van der Waals surface area contributed by atoms with Crippen LogP contribution in [0.25, 0.3) is 0 Å². The van der Waals surface area contributed by atoms with Gasteiger partial charge in [-0.2, -0.15) is 0 Å². The first kappa shape index (κ1) is 25.6. The summed E-state index contributed by atoms with van der Waals surface area (Å²) >= 11 is 0. The fraction of sp³-hybridized carbons (Fsp3) is 0.241. The maximum Gasteiger partial charge on any atom is 0.251 e. The molecule has 8 nitrogen and oxygen atoms in total. The van der Waals surface area contributed by atoms with Crippen LogP contribution in [0.3, 0.4) is 0 Å². The summed E-state index contributed by atoms with van der Waals surface area (Å²) in [4.78, 5) is 51.5. The van der Waals surface area contributed by atoms with Crippen molar-refractivity contribution >= 4 is 35.0 Å². The van der Waals surface area contributed by atoms with Gasteiger partial charge in [-0.1, -0.05) is 24.3 Å². The number of rotatable bonds is 8. The van der Waals surface area contributed by atoms with E-state index in [-0.39, 0.29) is 36.6 Å². The van der Waals surface area contributed by atoms with Gasteiger partial charge in [-0.25, -0.2) is 0 Å². The lowest BCUT2D eigenvalue weighted by Gasteiger charge is -2.18. The quantitative estimate of drug-likeness (QED) is 0.414. The molecule has 1 saturated heterocycles. The molecule has 1 heterocycles. The first-order valence-electron chi connectivity index (χ1n) is 12.2. The van der Waals surface area contributed by atoms with Crippen LogP contribution in [0.2, 0.25) is 0 Å². The van der Waals surface area contributed by atoms with Crippen LogP contribution in [0, 0.1) is 19.8 Å². The molecule has 3 aromatic rings. The number of amides is 4. The molecule has 37 heavy (non-hydrogen) atoms. The summed E-state index contributed by atoms with van der Waals surface area (Å²) in [5.74, 6) is -1.24. The molecule has 3 aromatic carbocycles. The monoisotopic (exact) mass is 498 g/mol. The summed E-state index contributed by atoms with van der Waals surface area (Å²) in [7, 11) is 0. The second-order valence-corrected chi connectivity index (χ2v) is 9.12. The lowest BCUT2D eigenvalue weighted by molar-refractivity contribution is -0.122. The summed E-state index contributed by atoms with van der Waals surface area (Å²) < 4.78 is 0. The summed E-state index contributed by atoms with van der Waals surface area (Å²) in [5.41, 5.74) is 4.60. The third-order valence-electron chi connectivity index (χ3n) is 6.44. The van der Waals surface area contributed by atoms with E-state index in [0.717, 1.165) is 16.8 Å². The zero-order valence-electron chi connectivity index (χ0n) is 20.9. The summed E-state index contributed by atoms with van der Waals surface area (Å²) in [6.07, 6.45) is 0.153. The normalized spacial score (nSPS) is 14.8. The van der Waals surface area contributed by atoms with Crippen LogP contribution in [-0.4, -0.2) is 43.3 Å². The fourth-order valence-corrected chi connectivity index (χ4v) is 4.12. The Kier molecular flexibility index (Phi) is 7.98. The second kappa shape index (κ2) is 11.5. The fourth-order valence-electron chi connectivity index (χ4n) is 4.12. The van der Waals surface area contributed by atoms with E-state index < -0.39 is 5.92 Å². The molecule has 0 bridgehead atoms. The molecule has 1 aliphatic rings. The van der Waals surface area contributed by atoms with Crippen molar-refractivity contribution in [3.8, 4) is 0 Å². The third-order valence-corrected chi connectivity index (χ3v) is 6.44. The van der Waals surface area contributed by atoms with Gasteiger partial charge in [-0.05, 0) is 73.5 Å². The van der Waals surface area contributed by atoms with Crippen molar-refractivity contribution < 1.29 is 19.2 Å². The van der Waals surface area contributed by atoms with E-state index in [1.807, 2.05) is 38.1 Å². The Morgan fingerprint density at radius 3 is 2.05 bits per heavy atom. The number of benzene rings is 3. The van der Waals surface area contributed by atoms with Crippen LogP contribution in [0.1, 0.15) is 38.3 Å². The first-order valence-corrected chi connectivity index (χ1v) is 12.2. The minimum Gasteiger partial charge on any atom is -0.350 e. The van der Waals surface area contributed by atoms with Crippen molar-refractivity contribution in [2.24, 2.45) is 5.92 Å². The van der Waals surface area contributed by atoms with Gasteiger partial charge in [0.15, 0.2) is 0 Å². The minimum absolute atomic E-state index is 0.0737. The van der Waals surface area contributed by atoms with Crippen molar-refractivity contribution in [3.05, 3.63) is 95.1 Å². The minimum atomic E-state index is -0.455. The summed E-state index contributed by atoms with van der Waals surface area (Å²) in [6.45, 7) is 4.92.